The van der Waals surface area contributed by atoms with E-state index in [2.05, 4.69) is 30.5 Å². The van der Waals surface area contributed by atoms with Gasteiger partial charge >= 0.3 is 0 Å². The Hall–Kier alpha value is -0.870. The first kappa shape index (κ1) is 13.6. The highest BCUT2D eigenvalue weighted by molar-refractivity contribution is 5.07. The van der Waals surface area contributed by atoms with Crippen LogP contribution in [-0.2, 0) is 17.7 Å². The quantitative estimate of drug-likeness (QED) is 0.840. The Morgan fingerprint density at radius 3 is 3.00 bits per heavy atom. The molecule has 0 aromatic carbocycles. The van der Waals surface area contributed by atoms with E-state index in [4.69, 9.17) is 4.74 Å². The molecule has 4 heteroatoms. The van der Waals surface area contributed by atoms with Gasteiger partial charge < -0.3 is 10.1 Å². The molecule has 0 bridgehead atoms. The van der Waals surface area contributed by atoms with Crippen LogP contribution in [0.4, 0.5) is 0 Å². The van der Waals surface area contributed by atoms with E-state index in [9.17, 15) is 0 Å². The van der Waals surface area contributed by atoms with Crippen molar-refractivity contribution in [3.05, 3.63) is 18.0 Å². The SMILES string of the molecule is CCNC(Cc1cnn(CC)c1)C1CCCCO1. The lowest BCUT2D eigenvalue weighted by Crippen LogP contribution is -2.44. The van der Waals surface area contributed by atoms with Crippen LogP contribution in [0, 0.1) is 0 Å². The van der Waals surface area contributed by atoms with E-state index < -0.39 is 0 Å². The third-order valence-corrected chi connectivity index (χ3v) is 3.60. The number of likely N-dealkylation sites (N-methyl/N-ethyl adjacent to an activating group) is 1. The van der Waals surface area contributed by atoms with Gasteiger partial charge in [-0.25, -0.2) is 0 Å². The average Bonchev–Trinajstić information content (AvgIpc) is 2.87. The fourth-order valence-corrected chi connectivity index (χ4v) is 2.62. The summed E-state index contributed by atoms with van der Waals surface area (Å²) in [6.07, 6.45) is 9.19. The summed E-state index contributed by atoms with van der Waals surface area (Å²) < 4.78 is 7.89. The first-order valence-corrected chi connectivity index (χ1v) is 7.19. The molecular formula is C14H25N3O. The molecule has 102 valence electrons. The molecule has 18 heavy (non-hydrogen) atoms. The second kappa shape index (κ2) is 6.90. The molecule has 1 saturated heterocycles. The summed E-state index contributed by atoms with van der Waals surface area (Å²) >= 11 is 0. The van der Waals surface area contributed by atoms with Crippen LogP contribution < -0.4 is 5.32 Å². The minimum atomic E-state index is 0.365. The molecule has 1 N–H and O–H groups in total. The van der Waals surface area contributed by atoms with Crippen molar-refractivity contribution in [3.63, 3.8) is 0 Å². The van der Waals surface area contributed by atoms with Gasteiger partial charge in [-0.1, -0.05) is 6.92 Å². The van der Waals surface area contributed by atoms with E-state index in [1.165, 1.54) is 24.8 Å². The zero-order valence-electron chi connectivity index (χ0n) is 11.6. The number of rotatable bonds is 6. The predicted molar refractivity (Wildman–Crippen MR) is 72.7 cm³/mol. The molecule has 1 aliphatic rings. The summed E-state index contributed by atoms with van der Waals surface area (Å²) in [6.45, 7) is 7.12. The van der Waals surface area contributed by atoms with Crippen molar-refractivity contribution in [3.8, 4) is 0 Å². The Balaban J connectivity index is 1.95. The van der Waals surface area contributed by atoms with Crippen molar-refractivity contribution < 1.29 is 4.74 Å². The van der Waals surface area contributed by atoms with E-state index in [0.717, 1.165) is 26.1 Å². The second-order valence-electron chi connectivity index (χ2n) is 4.98. The number of aromatic nitrogens is 2. The fraction of sp³-hybridized carbons (Fsp3) is 0.786. The molecular weight excluding hydrogens is 226 g/mol. The van der Waals surface area contributed by atoms with E-state index in [1.54, 1.807) is 0 Å². The van der Waals surface area contributed by atoms with Crippen molar-refractivity contribution in [1.29, 1.82) is 0 Å². The van der Waals surface area contributed by atoms with Crippen molar-refractivity contribution in [1.82, 2.24) is 15.1 Å². The van der Waals surface area contributed by atoms with Crippen LogP contribution in [0.15, 0.2) is 12.4 Å². The number of nitrogens with one attached hydrogen (secondary N) is 1. The maximum Gasteiger partial charge on any atom is 0.0731 e. The van der Waals surface area contributed by atoms with E-state index in [-0.39, 0.29) is 0 Å². The van der Waals surface area contributed by atoms with Gasteiger partial charge in [0.05, 0.1) is 12.3 Å². The lowest BCUT2D eigenvalue weighted by molar-refractivity contribution is -0.00709. The zero-order chi connectivity index (χ0) is 12.8. The van der Waals surface area contributed by atoms with E-state index in [0.29, 0.717) is 12.1 Å². The van der Waals surface area contributed by atoms with Gasteiger partial charge in [-0.2, -0.15) is 5.10 Å². The Morgan fingerprint density at radius 1 is 1.50 bits per heavy atom. The maximum atomic E-state index is 5.91. The molecule has 0 amide bonds. The standard InChI is InChI=1S/C14H25N3O/c1-3-15-13(14-7-5-6-8-18-14)9-12-10-16-17(4-2)11-12/h10-11,13-15H,3-9H2,1-2H3. The van der Waals surface area contributed by atoms with Gasteiger partial charge in [-0.05, 0) is 44.7 Å². The van der Waals surface area contributed by atoms with Crippen LogP contribution in [0.2, 0.25) is 0 Å². The molecule has 2 rings (SSSR count). The van der Waals surface area contributed by atoms with Gasteiger partial charge in [0.1, 0.15) is 0 Å². The second-order valence-corrected chi connectivity index (χ2v) is 4.98. The molecule has 1 aromatic rings. The summed E-state index contributed by atoms with van der Waals surface area (Å²) in [4.78, 5) is 0. The molecule has 0 spiro atoms. The third kappa shape index (κ3) is 3.56. The normalized spacial score (nSPS) is 22.0. The Morgan fingerprint density at radius 2 is 2.39 bits per heavy atom. The average molecular weight is 251 g/mol. The number of hydrogen-bond donors (Lipinski definition) is 1. The topological polar surface area (TPSA) is 39.1 Å². The van der Waals surface area contributed by atoms with Crippen LogP contribution in [-0.4, -0.2) is 35.1 Å². The monoisotopic (exact) mass is 251 g/mol. The Labute approximate surface area is 110 Å². The lowest BCUT2D eigenvalue weighted by Gasteiger charge is -2.30. The fourth-order valence-electron chi connectivity index (χ4n) is 2.62. The number of aryl methyl sites for hydroxylation is 1. The molecule has 2 unspecified atom stereocenters. The minimum absolute atomic E-state index is 0.365. The number of nitrogens with zero attached hydrogens (tertiary/aromatic N) is 2. The molecule has 4 nitrogen and oxygen atoms in total. The largest absolute Gasteiger partial charge is 0.377 e. The zero-order valence-corrected chi connectivity index (χ0v) is 11.6. The van der Waals surface area contributed by atoms with Gasteiger partial charge in [0.15, 0.2) is 0 Å². The summed E-state index contributed by atoms with van der Waals surface area (Å²) in [5.41, 5.74) is 1.30. The number of ether oxygens (including phenoxy) is 1. The first-order chi connectivity index (χ1) is 8.83. The highest BCUT2D eigenvalue weighted by Gasteiger charge is 2.24. The van der Waals surface area contributed by atoms with Gasteiger partial charge in [-0.15, -0.1) is 0 Å². The maximum absolute atomic E-state index is 5.91. The molecule has 1 aliphatic heterocycles. The predicted octanol–water partition coefficient (Wildman–Crippen LogP) is 1.99. The van der Waals surface area contributed by atoms with Crippen molar-refractivity contribution in [2.45, 2.75) is 58.2 Å². The van der Waals surface area contributed by atoms with Crippen LogP contribution in [0.25, 0.3) is 0 Å². The smallest absolute Gasteiger partial charge is 0.0731 e. The van der Waals surface area contributed by atoms with Gasteiger partial charge in [0.25, 0.3) is 0 Å². The molecule has 2 atom stereocenters. The van der Waals surface area contributed by atoms with E-state index in [1.807, 2.05) is 10.9 Å². The van der Waals surface area contributed by atoms with E-state index >= 15 is 0 Å². The van der Waals surface area contributed by atoms with Crippen LogP contribution in [0.3, 0.4) is 0 Å². The summed E-state index contributed by atoms with van der Waals surface area (Å²) in [5, 5.41) is 7.91. The molecule has 0 radical (unpaired) electrons. The Bertz CT molecular complexity index is 345. The van der Waals surface area contributed by atoms with Crippen molar-refractivity contribution in [2.75, 3.05) is 13.2 Å². The van der Waals surface area contributed by atoms with Crippen LogP contribution in [0.5, 0.6) is 0 Å². The summed E-state index contributed by atoms with van der Waals surface area (Å²) in [7, 11) is 0. The molecule has 1 aromatic heterocycles. The summed E-state index contributed by atoms with van der Waals surface area (Å²) in [5.74, 6) is 0. The van der Waals surface area contributed by atoms with Gasteiger partial charge in [0.2, 0.25) is 0 Å². The molecule has 0 saturated carbocycles. The molecule has 1 fully saturated rings. The summed E-state index contributed by atoms with van der Waals surface area (Å²) in [6, 6.07) is 0.421. The van der Waals surface area contributed by atoms with Crippen LogP contribution >= 0.6 is 0 Å². The highest BCUT2D eigenvalue weighted by atomic mass is 16.5. The number of hydrogen-bond acceptors (Lipinski definition) is 3. The van der Waals surface area contributed by atoms with Crippen molar-refractivity contribution in [2.24, 2.45) is 0 Å². The lowest BCUT2D eigenvalue weighted by atomic mass is 9.97. The third-order valence-electron chi connectivity index (χ3n) is 3.60. The van der Waals surface area contributed by atoms with Gasteiger partial charge in [-0.3, -0.25) is 4.68 Å². The molecule has 2 heterocycles. The first-order valence-electron chi connectivity index (χ1n) is 7.19. The van der Waals surface area contributed by atoms with Gasteiger partial charge in [0, 0.05) is 25.4 Å². The Kier molecular flexibility index (Phi) is 5.20. The highest BCUT2D eigenvalue weighted by Crippen LogP contribution is 2.18. The molecule has 0 aliphatic carbocycles. The van der Waals surface area contributed by atoms with Crippen LogP contribution in [0.1, 0.15) is 38.7 Å². The van der Waals surface area contributed by atoms with Crippen molar-refractivity contribution >= 4 is 0 Å². The minimum Gasteiger partial charge on any atom is -0.377 e.